The van der Waals surface area contributed by atoms with Crippen molar-refractivity contribution in [3.8, 4) is 0 Å². The Bertz CT molecular complexity index is 678. The summed E-state index contributed by atoms with van der Waals surface area (Å²) in [4.78, 5) is 12.8. The SMILES string of the molecule is CCCCCCCCCCCCSc1nnn(C(C(=O)O)c2ccccc2)n1. The minimum Gasteiger partial charge on any atom is -0.479 e. The number of nitrogens with zero attached hydrogens (tertiary/aromatic N) is 4. The Morgan fingerprint density at radius 1 is 1.00 bits per heavy atom. The molecule has 0 spiro atoms. The average molecular weight is 405 g/mol. The van der Waals surface area contributed by atoms with Gasteiger partial charge in [0, 0.05) is 5.75 Å². The van der Waals surface area contributed by atoms with Gasteiger partial charge in [0.1, 0.15) is 0 Å². The molecule has 1 N–H and O–H groups in total. The smallest absolute Gasteiger partial charge is 0.335 e. The van der Waals surface area contributed by atoms with Crippen molar-refractivity contribution in [2.45, 2.75) is 82.3 Å². The molecule has 1 atom stereocenters. The van der Waals surface area contributed by atoms with Gasteiger partial charge in [-0.05, 0) is 17.2 Å². The summed E-state index contributed by atoms with van der Waals surface area (Å²) in [5.74, 6) is -0.0551. The lowest BCUT2D eigenvalue weighted by atomic mass is 10.1. The van der Waals surface area contributed by atoms with E-state index in [9.17, 15) is 9.90 Å². The van der Waals surface area contributed by atoms with Gasteiger partial charge in [-0.15, -0.1) is 15.0 Å². The van der Waals surface area contributed by atoms with E-state index in [0.29, 0.717) is 10.7 Å². The molecule has 2 rings (SSSR count). The quantitative estimate of drug-likeness (QED) is 0.318. The summed E-state index contributed by atoms with van der Waals surface area (Å²) < 4.78 is 0. The Labute approximate surface area is 172 Å². The van der Waals surface area contributed by atoms with E-state index in [1.165, 1.54) is 62.6 Å². The lowest BCUT2D eigenvalue weighted by Crippen LogP contribution is -2.22. The number of benzene rings is 1. The molecule has 0 fully saturated rings. The molecule has 2 aromatic rings. The van der Waals surface area contributed by atoms with Crippen molar-refractivity contribution in [1.82, 2.24) is 20.2 Å². The molecule has 6 nitrogen and oxygen atoms in total. The summed E-state index contributed by atoms with van der Waals surface area (Å²) in [5.41, 5.74) is 0.638. The average Bonchev–Trinajstić information content (AvgIpc) is 3.15. The van der Waals surface area contributed by atoms with E-state index >= 15 is 0 Å². The van der Waals surface area contributed by atoms with Crippen LogP contribution in [0.5, 0.6) is 0 Å². The van der Waals surface area contributed by atoms with Crippen molar-refractivity contribution in [2.75, 3.05) is 5.75 Å². The Kier molecular flexibility index (Phi) is 10.7. The van der Waals surface area contributed by atoms with Gasteiger partial charge in [0.15, 0.2) is 6.04 Å². The second-order valence-electron chi connectivity index (χ2n) is 7.07. The molecule has 0 bridgehead atoms. The monoisotopic (exact) mass is 404 g/mol. The Morgan fingerprint density at radius 2 is 1.61 bits per heavy atom. The van der Waals surface area contributed by atoms with Gasteiger partial charge in [-0.2, -0.15) is 0 Å². The molecule has 0 saturated carbocycles. The van der Waals surface area contributed by atoms with Crippen LogP contribution in [0.15, 0.2) is 35.5 Å². The number of carbonyl (C=O) groups is 1. The Hall–Kier alpha value is -1.89. The topological polar surface area (TPSA) is 80.9 Å². The molecule has 1 aromatic heterocycles. The first-order chi connectivity index (χ1) is 13.7. The highest BCUT2D eigenvalue weighted by molar-refractivity contribution is 7.99. The number of hydrogen-bond acceptors (Lipinski definition) is 5. The first-order valence-corrected chi connectivity index (χ1v) is 11.4. The molecule has 154 valence electrons. The Balaban J connectivity index is 1.64. The van der Waals surface area contributed by atoms with Crippen LogP contribution in [-0.4, -0.2) is 37.0 Å². The van der Waals surface area contributed by atoms with Gasteiger partial charge in [0.2, 0.25) is 5.16 Å². The van der Waals surface area contributed by atoms with Crippen LogP contribution in [0.4, 0.5) is 0 Å². The number of carboxylic acids is 1. The number of aliphatic carboxylic acids is 1. The highest BCUT2D eigenvalue weighted by Gasteiger charge is 2.24. The van der Waals surface area contributed by atoms with Gasteiger partial charge in [-0.3, -0.25) is 0 Å². The zero-order valence-corrected chi connectivity index (χ0v) is 17.6. The van der Waals surface area contributed by atoms with Gasteiger partial charge >= 0.3 is 5.97 Å². The van der Waals surface area contributed by atoms with E-state index in [1.807, 2.05) is 18.2 Å². The zero-order valence-electron chi connectivity index (χ0n) is 16.8. The van der Waals surface area contributed by atoms with E-state index < -0.39 is 12.0 Å². The molecule has 0 saturated heterocycles. The summed E-state index contributed by atoms with van der Waals surface area (Å²) >= 11 is 1.54. The van der Waals surface area contributed by atoms with Gasteiger partial charge in [-0.1, -0.05) is 107 Å². The van der Waals surface area contributed by atoms with Gasteiger partial charge < -0.3 is 5.11 Å². The number of carboxylic acid groups (broad SMARTS) is 1. The van der Waals surface area contributed by atoms with Gasteiger partial charge in [0.05, 0.1) is 0 Å². The third-order valence-electron chi connectivity index (χ3n) is 4.72. The highest BCUT2D eigenvalue weighted by Crippen LogP contribution is 2.20. The van der Waals surface area contributed by atoms with Crippen LogP contribution in [0.3, 0.4) is 0 Å². The molecule has 0 aliphatic carbocycles. The normalized spacial score (nSPS) is 12.2. The van der Waals surface area contributed by atoms with Crippen molar-refractivity contribution < 1.29 is 9.90 Å². The van der Waals surface area contributed by atoms with Crippen LogP contribution in [0.2, 0.25) is 0 Å². The molecule has 0 radical (unpaired) electrons. The zero-order chi connectivity index (χ0) is 20.0. The first kappa shape index (κ1) is 22.4. The fraction of sp³-hybridized carbons (Fsp3) is 0.619. The number of unbranched alkanes of at least 4 members (excludes halogenated alkanes) is 9. The standard InChI is InChI=1S/C21H32N4O2S/c1-2-3-4-5-6-7-8-9-10-14-17-28-21-22-24-25(23-21)19(20(26)27)18-15-12-11-13-16-18/h11-13,15-16,19H,2-10,14,17H2,1H3,(H,26,27). The molecule has 1 aromatic carbocycles. The number of thioether (sulfide) groups is 1. The van der Waals surface area contributed by atoms with Crippen LogP contribution in [-0.2, 0) is 4.79 Å². The van der Waals surface area contributed by atoms with E-state index in [1.54, 1.807) is 23.9 Å². The predicted octanol–water partition coefficient (Wildman–Crippen LogP) is 5.36. The fourth-order valence-electron chi connectivity index (χ4n) is 3.14. The fourth-order valence-corrected chi connectivity index (χ4v) is 3.91. The molecular weight excluding hydrogens is 372 g/mol. The van der Waals surface area contributed by atoms with Crippen LogP contribution in [0, 0.1) is 0 Å². The summed E-state index contributed by atoms with van der Waals surface area (Å²) in [6.07, 6.45) is 13.1. The molecule has 0 aliphatic heterocycles. The van der Waals surface area contributed by atoms with E-state index in [-0.39, 0.29) is 0 Å². The summed E-state index contributed by atoms with van der Waals surface area (Å²) in [6.45, 7) is 2.25. The summed E-state index contributed by atoms with van der Waals surface area (Å²) in [5, 5.41) is 22.3. The maximum atomic E-state index is 11.6. The van der Waals surface area contributed by atoms with Crippen molar-refractivity contribution in [1.29, 1.82) is 0 Å². The molecule has 1 heterocycles. The highest BCUT2D eigenvalue weighted by atomic mass is 32.2. The number of rotatable bonds is 15. The molecule has 7 heteroatoms. The largest absolute Gasteiger partial charge is 0.479 e. The third-order valence-corrected chi connectivity index (χ3v) is 5.63. The molecular formula is C21H32N4O2S. The van der Waals surface area contributed by atoms with Crippen molar-refractivity contribution >= 4 is 17.7 Å². The Morgan fingerprint density at radius 3 is 2.21 bits per heavy atom. The van der Waals surface area contributed by atoms with Crippen molar-refractivity contribution in [3.05, 3.63) is 35.9 Å². The van der Waals surface area contributed by atoms with Crippen LogP contribution in [0.25, 0.3) is 0 Å². The molecule has 28 heavy (non-hydrogen) atoms. The van der Waals surface area contributed by atoms with E-state index in [0.717, 1.165) is 12.2 Å². The number of tetrazole rings is 1. The predicted molar refractivity (Wildman–Crippen MR) is 113 cm³/mol. The number of aromatic nitrogens is 4. The van der Waals surface area contributed by atoms with Crippen molar-refractivity contribution in [3.63, 3.8) is 0 Å². The number of hydrogen-bond donors (Lipinski definition) is 1. The minimum atomic E-state index is -0.991. The van der Waals surface area contributed by atoms with Crippen LogP contribution >= 0.6 is 11.8 Å². The summed E-state index contributed by atoms with van der Waals surface area (Å²) in [6, 6.07) is 8.05. The van der Waals surface area contributed by atoms with E-state index in [2.05, 4.69) is 22.3 Å². The third kappa shape index (κ3) is 8.00. The first-order valence-electron chi connectivity index (χ1n) is 10.4. The van der Waals surface area contributed by atoms with Crippen LogP contribution < -0.4 is 0 Å². The minimum absolute atomic E-state index is 0.540. The molecule has 0 aliphatic rings. The second-order valence-corrected chi connectivity index (χ2v) is 8.14. The van der Waals surface area contributed by atoms with Crippen molar-refractivity contribution in [2.24, 2.45) is 0 Å². The molecule has 1 unspecified atom stereocenters. The maximum Gasteiger partial charge on any atom is 0.335 e. The maximum absolute atomic E-state index is 11.6. The second kappa shape index (κ2) is 13.3. The van der Waals surface area contributed by atoms with E-state index in [4.69, 9.17) is 0 Å². The van der Waals surface area contributed by atoms with Gasteiger partial charge in [0.25, 0.3) is 0 Å². The lowest BCUT2D eigenvalue weighted by Gasteiger charge is -2.10. The lowest BCUT2D eigenvalue weighted by molar-refractivity contribution is -0.140. The summed E-state index contributed by atoms with van der Waals surface area (Å²) in [7, 11) is 0. The van der Waals surface area contributed by atoms with Gasteiger partial charge in [-0.25, -0.2) is 4.79 Å². The van der Waals surface area contributed by atoms with Crippen LogP contribution in [0.1, 0.15) is 82.7 Å². The molecule has 0 amide bonds.